The average molecular weight is 161 g/mol. The van der Waals surface area contributed by atoms with Gasteiger partial charge in [-0.3, -0.25) is 4.98 Å². The van der Waals surface area contributed by atoms with E-state index in [2.05, 4.69) is 10.9 Å². The topological polar surface area (TPSA) is 33.1 Å². The van der Waals surface area contributed by atoms with Crippen LogP contribution in [0.2, 0.25) is 0 Å². The van der Waals surface area contributed by atoms with E-state index in [-0.39, 0.29) is 0 Å². The van der Waals surface area contributed by atoms with Gasteiger partial charge in [-0.25, -0.2) is 0 Å². The number of hydrogen-bond donors (Lipinski definition) is 1. The standard InChI is InChI=1S/C10H11NO/c1-2-3-7-10(12)9-6-4-5-8-11-9/h1,4-6,8,10,12H,3,7H2. The molecule has 2 heteroatoms. The van der Waals surface area contributed by atoms with Gasteiger partial charge in [0.1, 0.15) is 0 Å². The van der Waals surface area contributed by atoms with Gasteiger partial charge in [-0.15, -0.1) is 12.3 Å². The van der Waals surface area contributed by atoms with Gasteiger partial charge in [-0.1, -0.05) is 6.07 Å². The zero-order chi connectivity index (χ0) is 8.81. The molecule has 1 aromatic rings. The summed E-state index contributed by atoms with van der Waals surface area (Å²) in [6.45, 7) is 0. The van der Waals surface area contributed by atoms with Gasteiger partial charge in [0.05, 0.1) is 11.8 Å². The van der Waals surface area contributed by atoms with Gasteiger partial charge < -0.3 is 5.11 Å². The summed E-state index contributed by atoms with van der Waals surface area (Å²) in [5, 5.41) is 9.49. The van der Waals surface area contributed by atoms with Crippen molar-refractivity contribution >= 4 is 0 Å². The molecule has 1 rings (SSSR count). The van der Waals surface area contributed by atoms with Crippen molar-refractivity contribution < 1.29 is 5.11 Å². The van der Waals surface area contributed by atoms with Crippen LogP contribution in [0.1, 0.15) is 24.6 Å². The second-order valence-electron chi connectivity index (χ2n) is 2.51. The number of aliphatic hydroxyl groups excluding tert-OH is 1. The van der Waals surface area contributed by atoms with Crippen LogP contribution in [0, 0.1) is 12.3 Å². The van der Waals surface area contributed by atoms with Crippen molar-refractivity contribution in [3.05, 3.63) is 30.1 Å². The van der Waals surface area contributed by atoms with Crippen molar-refractivity contribution in [3.8, 4) is 12.3 Å². The van der Waals surface area contributed by atoms with Crippen molar-refractivity contribution in [1.29, 1.82) is 0 Å². The third-order valence-electron chi connectivity index (χ3n) is 1.59. The van der Waals surface area contributed by atoms with Gasteiger partial charge >= 0.3 is 0 Å². The fourth-order valence-electron chi connectivity index (χ4n) is 0.941. The van der Waals surface area contributed by atoms with E-state index in [1.807, 2.05) is 12.1 Å². The Bertz CT molecular complexity index is 263. The molecule has 62 valence electrons. The maximum Gasteiger partial charge on any atom is 0.0968 e. The number of aliphatic hydroxyl groups is 1. The van der Waals surface area contributed by atoms with Crippen LogP contribution in [0.25, 0.3) is 0 Å². The Kier molecular flexibility index (Phi) is 3.31. The van der Waals surface area contributed by atoms with Crippen LogP contribution in [0.3, 0.4) is 0 Å². The lowest BCUT2D eigenvalue weighted by Gasteiger charge is -2.06. The van der Waals surface area contributed by atoms with Gasteiger partial charge in [0.15, 0.2) is 0 Å². The largest absolute Gasteiger partial charge is 0.387 e. The normalized spacial score (nSPS) is 12.0. The third kappa shape index (κ3) is 2.37. The minimum Gasteiger partial charge on any atom is -0.387 e. The van der Waals surface area contributed by atoms with Crippen LogP contribution in [0.5, 0.6) is 0 Å². The van der Waals surface area contributed by atoms with Crippen LogP contribution in [0.4, 0.5) is 0 Å². The van der Waals surface area contributed by atoms with Crippen molar-refractivity contribution in [3.63, 3.8) is 0 Å². The summed E-state index contributed by atoms with van der Waals surface area (Å²) in [7, 11) is 0. The van der Waals surface area contributed by atoms with Crippen molar-refractivity contribution in [1.82, 2.24) is 4.98 Å². The van der Waals surface area contributed by atoms with Crippen LogP contribution in [-0.2, 0) is 0 Å². The molecule has 2 nitrogen and oxygen atoms in total. The number of pyridine rings is 1. The van der Waals surface area contributed by atoms with Crippen molar-refractivity contribution in [2.24, 2.45) is 0 Å². The first-order valence-electron chi connectivity index (χ1n) is 3.87. The Morgan fingerprint density at radius 1 is 1.58 bits per heavy atom. The first-order chi connectivity index (χ1) is 5.84. The van der Waals surface area contributed by atoms with Crippen LogP contribution in [0.15, 0.2) is 24.4 Å². The minimum absolute atomic E-state index is 0.526. The number of rotatable bonds is 3. The monoisotopic (exact) mass is 161 g/mol. The van der Waals surface area contributed by atoms with E-state index in [9.17, 15) is 5.11 Å². The third-order valence-corrected chi connectivity index (χ3v) is 1.59. The highest BCUT2D eigenvalue weighted by Gasteiger charge is 2.05. The highest BCUT2D eigenvalue weighted by Crippen LogP contribution is 2.14. The summed E-state index contributed by atoms with van der Waals surface area (Å²) in [6.07, 6.45) is 7.37. The molecule has 0 saturated carbocycles. The van der Waals surface area contributed by atoms with Gasteiger partial charge in [0, 0.05) is 12.6 Å². The molecule has 1 heterocycles. The molecule has 0 aliphatic carbocycles. The molecular weight excluding hydrogens is 150 g/mol. The van der Waals surface area contributed by atoms with E-state index < -0.39 is 6.10 Å². The Labute approximate surface area is 72.3 Å². The fourth-order valence-corrected chi connectivity index (χ4v) is 0.941. The summed E-state index contributed by atoms with van der Waals surface area (Å²) in [6, 6.07) is 5.46. The van der Waals surface area contributed by atoms with Crippen molar-refractivity contribution in [2.45, 2.75) is 18.9 Å². The van der Waals surface area contributed by atoms with E-state index in [1.54, 1.807) is 12.3 Å². The first kappa shape index (κ1) is 8.76. The fraction of sp³-hybridized carbons (Fsp3) is 0.300. The quantitative estimate of drug-likeness (QED) is 0.682. The number of terminal acetylenes is 1. The molecule has 0 amide bonds. The molecule has 0 aliphatic heterocycles. The number of aromatic nitrogens is 1. The Morgan fingerprint density at radius 2 is 2.42 bits per heavy atom. The van der Waals surface area contributed by atoms with Gasteiger partial charge in [0.25, 0.3) is 0 Å². The summed E-state index contributed by atoms with van der Waals surface area (Å²) < 4.78 is 0. The lowest BCUT2D eigenvalue weighted by Crippen LogP contribution is -1.98. The lowest BCUT2D eigenvalue weighted by atomic mass is 10.1. The molecule has 1 aromatic heterocycles. The molecule has 0 spiro atoms. The Balaban J connectivity index is 2.55. The van der Waals surface area contributed by atoms with Crippen LogP contribution >= 0.6 is 0 Å². The lowest BCUT2D eigenvalue weighted by molar-refractivity contribution is 0.164. The molecule has 0 radical (unpaired) electrons. The SMILES string of the molecule is C#CCCC(O)c1ccccn1. The van der Waals surface area contributed by atoms with E-state index >= 15 is 0 Å². The summed E-state index contributed by atoms with van der Waals surface area (Å²) in [5.41, 5.74) is 0.688. The molecular formula is C10H11NO. The summed E-state index contributed by atoms with van der Waals surface area (Å²) >= 11 is 0. The minimum atomic E-state index is -0.526. The van der Waals surface area contributed by atoms with E-state index in [0.717, 1.165) is 0 Å². The van der Waals surface area contributed by atoms with Gasteiger partial charge in [-0.05, 0) is 18.6 Å². The Hall–Kier alpha value is -1.33. The highest BCUT2D eigenvalue weighted by molar-refractivity contribution is 5.06. The molecule has 1 N–H and O–H groups in total. The number of hydrogen-bond acceptors (Lipinski definition) is 2. The number of nitrogens with zero attached hydrogens (tertiary/aromatic N) is 1. The van der Waals surface area contributed by atoms with E-state index in [0.29, 0.717) is 18.5 Å². The molecule has 0 saturated heterocycles. The average Bonchev–Trinajstić information content (AvgIpc) is 2.15. The summed E-state index contributed by atoms with van der Waals surface area (Å²) in [4.78, 5) is 4.01. The molecule has 12 heavy (non-hydrogen) atoms. The van der Waals surface area contributed by atoms with E-state index in [4.69, 9.17) is 6.42 Å². The molecule has 0 aliphatic rings. The van der Waals surface area contributed by atoms with Crippen LogP contribution < -0.4 is 0 Å². The summed E-state index contributed by atoms with van der Waals surface area (Å²) in [5.74, 6) is 2.48. The second-order valence-corrected chi connectivity index (χ2v) is 2.51. The smallest absolute Gasteiger partial charge is 0.0968 e. The predicted octanol–water partition coefficient (Wildman–Crippen LogP) is 1.53. The second kappa shape index (κ2) is 4.53. The maximum absolute atomic E-state index is 9.49. The van der Waals surface area contributed by atoms with Gasteiger partial charge in [-0.2, -0.15) is 0 Å². The predicted molar refractivity (Wildman–Crippen MR) is 47.3 cm³/mol. The maximum atomic E-state index is 9.49. The molecule has 1 atom stereocenters. The molecule has 1 unspecified atom stereocenters. The molecule has 0 bridgehead atoms. The highest BCUT2D eigenvalue weighted by atomic mass is 16.3. The van der Waals surface area contributed by atoms with Gasteiger partial charge in [0.2, 0.25) is 0 Å². The van der Waals surface area contributed by atoms with Crippen molar-refractivity contribution in [2.75, 3.05) is 0 Å². The zero-order valence-corrected chi connectivity index (χ0v) is 6.77. The van der Waals surface area contributed by atoms with E-state index in [1.165, 1.54) is 0 Å². The molecule has 0 fully saturated rings. The Morgan fingerprint density at radius 3 is 3.00 bits per heavy atom. The van der Waals surface area contributed by atoms with Crippen LogP contribution in [-0.4, -0.2) is 10.1 Å². The zero-order valence-electron chi connectivity index (χ0n) is 6.77. The molecule has 0 aromatic carbocycles. The first-order valence-corrected chi connectivity index (χ1v) is 3.87.